The van der Waals surface area contributed by atoms with Crippen molar-refractivity contribution in [2.75, 3.05) is 24.5 Å². The van der Waals surface area contributed by atoms with Gasteiger partial charge in [0.05, 0.1) is 0 Å². The largest absolute Gasteiger partial charge is 0.370 e. The second kappa shape index (κ2) is 4.69. The van der Waals surface area contributed by atoms with Crippen molar-refractivity contribution in [3.63, 3.8) is 0 Å². The molecule has 0 unspecified atom stereocenters. The molecule has 3 rings (SSSR count). The predicted molar refractivity (Wildman–Crippen MR) is 72.4 cm³/mol. The first kappa shape index (κ1) is 11.1. The van der Waals surface area contributed by atoms with Crippen molar-refractivity contribution in [2.24, 2.45) is 11.7 Å². The van der Waals surface area contributed by atoms with Gasteiger partial charge in [0.15, 0.2) is 0 Å². The minimum atomic E-state index is 0.752. The van der Waals surface area contributed by atoms with E-state index in [0.717, 1.165) is 24.9 Å². The molecular formula is C15H22N2. The summed E-state index contributed by atoms with van der Waals surface area (Å²) in [5, 5.41) is 0. The lowest BCUT2D eigenvalue weighted by Crippen LogP contribution is -2.37. The van der Waals surface area contributed by atoms with Crippen LogP contribution < -0.4 is 10.6 Å². The summed E-state index contributed by atoms with van der Waals surface area (Å²) in [6.45, 7) is 2.94. The summed E-state index contributed by atoms with van der Waals surface area (Å²) in [5.41, 5.74) is 8.73. The molecule has 1 aromatic rings. The van der Waals surface area contributed by atoms with Gasteiger partial charge in [-0.05, 0) is 42.7 Å². The highest BCUT2D eigenvalue weighted by atomic mass is 15.1. The van der Waals surface area contributed by atoms with Crippen molar-refractivity contribution in [1.82, 2.24) is 0 Å². The van der Waals surface area contributed by atoms with Crippen LogP contribution in [0.5, 0.6) is 0 Å². The molecular weight excluding hydrogens is 208 g/mol. The van der Waals surface area contributed by atoms with Gasteiger partial charge in [-0.1, -0.05) is 24.6 Å². The molecule has 1 atom stereocenters. The Labute approximate surface area is 104 Å². The fraction of sp³-hybridized carbons (Fsp3) is 0.600. The van der Waals surface area contributed by atoms with Crippen molar-refractivity contribution in [3.8, 4) is 0 Å². The predicted octanol–water partition coefficient (Wildman–Crippen LogP) is 2.74. The number of rotatable bonds is 3. The highest BCUT2D eigenvalue weighted by molar-refractivity contribution is 5.57. The number of fused-ring (bicyclic) bond motifs is 1. The quantitative estimate of drug-likeness (QED) is 0.865. The number of nitrogens with zero attached hydrogens (tertiary/aromatic N) is 1. The molecule has 0 aromatic heterocycles. The minimum Gasteiger partial charge on any atom is -0.370 e. The minimum absolute atomic E-state index is 0.752. The highest BCUT2D eigenvalue weighted by Gasteiger charge is 2.33. The van der Waals surface area contributed by atoms with Crippen LogP contribution in [-0.4, -0.2) is 19.6 Å². The van der Waals surface area contributed by atoms with E-state index in [1.54, 1.807) is 5.56 Å². The number of hydrogen-bond acceptors (Lipinski definition) is 2. The van der Waals surface area contributed by atoms with Crippen LogP contribution in [0.15, 0.2) is 24.3 Å². The Bertz CT molecular complexity index is 384. The summed E-state index contributed by atoms with van der Waals surface area (Å²) in [7, 11) is 0. The molecule has 1 aliphatic heterocycles. The van der Waals surface area contributed by atoms with Gasteiger partial charge in [0.1, 0.15) is 0 Å². The first-order valence-corrected chi connectivity index (χ1v) is 6.94. The summed E-state index contributed by atoms with van der Waals surface area (Å²) in [4.78, 5) is 2.46. The molecule has 2 heteroatoms. The third-order valence-electron chi connectivity index (χ3n) is 4.50. The first-order valence-electron chi connectivity index (χ1n) is 6.94. The number of nitrogens with two attached hydrogens (primary N) is 1. The number of para-hydroxylation sites is 1. The van der Waals surface area contributed by atoms with Gasteiger partial charge in [0.25, 0.3) is 0 Å². The maximum atomic E-state index is 5.71. The molecule has 2 aliphatic rings. The first-order chi connectivity index (χ1) is 8.40. The summed E-state index contributed by atoms with van der Waals surface area (Å²) in [6.07, 6.45) is 5.64. The summed E-state index contributed by atoms with van der Waals surface area (Å²) < 4.78 is 0. The SMILES string of the molecule is NCCN1CC[C@@H](C2CCC2)c2ccccc21. The molecule has 1 aliphatic carbocycles. The monoisotopic (exact) mass is 230 g/mol. The van der Waals surface area contributed by atoms with E-state index in [9.17, 15) is 0 Å². The van der Waals surface area contributed by atoms with E-state index < -0.39 is 0 Å². The molecule has 2 nitrogen and oxygen atoms in total. The van der Waals surface area contributed by atoms with E-state index in [2.05, 4.69) is 29.2 Å². The zero-order valence-electron chi connectivity index (χ0n) is 10.4. The second-order valence-corrected chi connectivity index (χ2v) is 5.42. The molecule has 1 fully saturated rings. The summed E-state index contributed by atoms with van der Waals surface area (Å²) in [5.74, 6) is 1.77. The summed E-state index contributed by atoms with van der Waals surface area (Å²) in [6, 6.07) is 8.96. The van der Waals surface area contributed by atoms with Crippen LogP contribution in [0.2, 0.25) is 0 Å². The van der Waals surface area contributed by atoms with Crippen LogP contribution in [0.25, 0.3) is 0 Å². The molecule has 2 N–H and O–H groups in total. The maximum absolute atomic E-state index is 5.71. The Morgan fingerprint density at radius 1 is 1.18 bits per heavy atom. The van der Waals surface area contributed by atoms with Gasteiger partial charge in [-0.3, -0.25) is 0 Å². The summed E-state index contributed by atoms with van der Waals surface area (Å²) >= 11 is 0. The Morgan fingerprint density at radius 3 is 2.71 bits per heavy atom. The van der Waals surface area contributed by atoms with Crippen LogP contribution >= 0.6 is 0 Å². The standard InChI is InChI=1S/C15H22N2/c16-9-11-17-10-8-13(12-4-3-5-12)14-6-1-2-7-15(14)17/h1-2,6-7,12-13H,3-5,8-11,16H2/t13-/m0/s1. The van der Waals surface area contributed by atoms with E-state index >= 15 is 0 Å². The molecule has 1 aromatic carbocycles. The lowest BCUT2D eigenvalue weighted by atomic mass is 9.70. The molecule has 17 heavy (non-hydrogen) atoms. The van der Waals surface area contributed by atoms with E-state index in [1.807, 2.05) is 0 Å². The van der Waals surface area contributed by atoms with Crippen LogP contribution in [0.1, 0.15) is 37.2 Å². The number of benzene rings is 1. The van der Waals surface area contributed by atoms with Crippen LogP contribution in [0, 0.1) is 5.92 Å². The van der Waals surface area contributed by atoms with Gasteiger partial charge in [-0.25, -0.2) is 0 Å². The zero-order valence-corrected chi connectivity index (χ0v) is 10.4. The van der Waals surface area contributed by atoms with Crippen molar-refractivity contribution < 1.29 is 0 Å². The van der Waals surface area contributed by atoms with Gasteiger partial charge in [0, 0.05) is 25.3 Å². The number of anilines is 1. The average Bonchev–Trinajstić information content (AvgIpc) is 2.30. The Kier molecular flexibility index (Phi) is 3.06. The normalized spacial score (nSPS) is 24.3. The average molecular weight is 230 g/mol. The van der Waals surface area contributed by atoms with E-state index in [-0.39, 0.29) is 0 Å². The van der Waals surface area contributed by atoms with Crippen molar-refractivity contribution in [1.29, 1.82) is 0 Å². The van der Waals surface area contributed by atoms with E-state index in [1.165, 1.54) is 37.9 Å². The fourth-order valence-corrected chi connectivity index (χ4v) is 3.38. The zero-order chi connectivity index (χ0) is 11.7. The van der Waals surface area contributed by atoms with Gasteiger partial charge < -0.3 is 10.6 Å². The number of hydrogen-bond donors (Lipinski definition) is 1. The van der Waals surface area contributed by atoms with Crippen LogP contribution in [-0.2, 0) is 0 Å². The Balaban J connectivity index is 1.89. The second-order valence-electron chi connectivity index (χ2n) is 5.42. The lowest BCUT2D eigenvalue weighted by molar-refractivity contribution is 0.248. The maximum Gasteiger partial charge on any atom is 0.0402 e. The van der Waals surface area contributed by atoms with E-state index in [4.69, 9.17) is 5.73 Å². The van der Waals surface area contributed by atoms with Crippen LogP contribution in [0.4, 0.5) is 5.69 Å². The fourth-order valence-electron chi connectivity index (χ4n) is 3.38. The molecule has 92 valence electrons. The van der Waals surface area contributed by atoms with Crippen molar-refractivity contribution in [3.05, 3.63) is 29.8 Å². The van der Waals surface area contributed by atoms with Gasteiger partial charge >= 0.3 is 0 Å². The van der Waals surface area contributed by atoms with Gasteiger partial charge in [-0.2, -0.15) is 0 Å². The third kappa shape index (κ3) is 1.95. The van der Waals surface area contributed by atoms with E-state index in [0.29, 0.717) is 0 Å². The van der Waals surface area contributed by atoms with Crippen molar-refractivity contribution in [2.45, 2.75) is 31.6 Å². The molecule has 0 saturated heterocycles. The molecule has 0 radical (unpaired) electrons. The van der Waals surface area contributed by atoms with Crippen LogP contribution in [0.3, 0.4) is 0 Å². The molecule has 1 saturated carbocycles. The highest BCUT2D eigenvalue weighted by Crippen LogP contribution is 2.46. The third-order valence-corrected chi connectivity index (χ3v) is 4.50. The smallest absolute Gasteiger partial charge is 0.0402 e. The lowest BCUT2D eigenvalue weighted by Gasteiger charge is -2.42. The topological polar surface area (TPSA) is 29.3 Å². The molecule has 1 heterocycles. The van der Waals surface area contributed by atoms with Gasteiger partial charge in [0.2, 0.25) is 0 Å². The Hall–Kier alpha value is -1.02. The Morgan fingerprint density at radius 2 is 2.00 bits per heavy atom. The van der Waals surface area contributed by atoms with Gasteiger partial charge in [-0.15, -0.1) is 0 Å². The molecule has 0 spiro atoms. The van der Waals surface area contributed by atoms with Crippen molar-refractivity contribution >= 4 is 5.69 Å². The molecule has 0 amide bonds. The molecule has 0 bridgehead atoms.